The van der Waals surface area contributed by atoms with Gasteiger partial charge in [-0.25, -0.2) is 18.8 Å². The van der Waals surface area contributed by atoms with E-state index in [-0.39, 0.29) is 5.15 Å². The minimum Gasteiger partial charge on any atom is -0.497 e. The Morgan fingerprint density at radius 3 is 2.68 bits per heavy atom. The van der Waals surface area contributed by atoms with E-state index in [4.69, 9.17) is 16.3 Å². The van der Waals surface area contributed by atoms with Crippen LogP contribution in [0.5, 0.6) is 5.75 Å². The maximum atomic E-state index is 12.3. The molecule has 1 N–H and O–H groups in total. The zero-order chi connectivity index (χ0) is 22.6. The second-order valence-corrected chi connectivity index (χ2v) is 9.04. The number of fused-ring (bicyclic) bond motifs is 1. The lowest BCUT2D eigenvalue weighted by Gasteiger charge is -2.23. The highest BCUT2D eigenvalue weighted by Crippen LogP contribution is 2.24. The smallest absolute Gasteiger partial charge is 0.260 e. The monoisotopic (exact) mass is 460 g/mol. The van der Waals surface area contributed by atoms with Crippen molar-refractivity contribution >= 4 is 50.3 Å². The van der Waals surface area contributed by atoms with Crippen molar-refractivity contribution in [3.8, 4) is 5.75 Å². The SMILES string of the molecule is COc1ccc2cc(/C=N\NC(=O)CN(c3ccccc3C)S(C)(=O)=O)c(Cl)nc2c1. The van der Waals surface area contributed by atoms with Crippen molar-refractivity contribution in [2.45, 2.75) is 6.92 Å². The minimum absolute atomic E-state index is 0.205. The van der Waals surface area contributed by atoms with Crippen molar-refractivity contribution in [3.63, 3.8) is 0 Å². The highest BCUT2D eigenvalue weighted by molar-refractivity contribution is 7.92. The molecular formula is C21H21ClN4O4S. The first kappa shape index (κ1) is 22.5. The maximum absolute atomic E-state index is 12.3. The number of rotatable bonds is 7. The van der Waals surface area contributed by atoms with E-state index in [2.05, 4.69) is 15.5 Å². The van der Waals surface area contributed by atoms with E-state index >= 15 is 0 Å². The molecule has 0 radical (unpaired) electrons. The molecule has 0 unspecified atom stereocenters. The van der Waals surface area contributed by atoms with Gasteiger partial charge in [-0.15, -0.1) is 0 Å². The number of hydrogen-bond donors (Lipinski definition) is 1. The Bertz CT molecular complexity index is 1260. The normalized spacial score (nSPS) is 11.6. The van der Waals surface area contributed by atoms with Crippen LogP contribution in [0.2, 0.25) is 5.15 Å². The average molecular weight is 461 g/mol. The van der Waals surface area contributed by atoms with Crippen LogP contribution in [0, 0.1) is 6.92 Å². The minimum atomic E-state index is -3.67. The molecule has 3 aromatic rings. The van der Waals surface area contributed by atoms with Gasteiger partial charge in [0.1, 0.15) is 17.4 Å². The van der Waals surface area contributed by atoms with Gasteiger partial charge < -0.3 is 4.74 Å². The fourth-order valence-electron chi connectivity index (χ4n) is 2.92. The van der Waals surface area contributed by atoms with Gasteiger partial charge in [0.05, 0.1) is 30.8 Å². The van der Waals surface area contributed by atoms with E-state index in [1.54, 1.807) is 56.5 Å². The van der Waals surface area contributed by atoms with Gasteiger partial charge in [-0.1, -0.05) is 29.8 Å². The van der Waals surface area contributed by atoms with E-state index in [1.807, 2.05) is 6.07 Å². The third kappa shape index (κ3) is 5.50. The largest absolute Gasteiger partial charge is 0.497 e. The standard InChI is InChI=1S/C21H21ClN4O4S/c1-14-6-4-5-7-19(14)26(31(3,28)29)13-20(27)25-23-12-16-10-15-8-9-17(30-2)11-18(15)24-21(16)22/h4-12H,13H2,1-3H3,(H,25,27)/b23-12-. The van der Waals surface area contributed by atoms with E-state index in [0.29, 0.717) is 22.5 Å². The van der Waals surface area contributed by atoms with Crippen molar-refractivity contribution < 1.29 is 17.9 Å². The lowest BCUT2D eigenvalue weighted by Crippen LogP contribution is -2.39. The van der Waals surface area contributed by atoms with E-state index in [0.717, 1.165) is 21.5 Å². The fraction of sp³-hybridized carbons (Fsp3) is 0.190. The summed E-state index contributed by atoms with van der Waals surface area (Å²) in [4.78, 5) is 16.7. The van der Waals surface area contributed by atoms with E-state index in [1.165, 1.54) is 6.21 Å². The van der Waals surface area contributed by atoms with Crippen molar-refractivity contribution in [2.24, 2.45) is 5.10 Å². The number of ether oxygens (including phenoxy) is 1. The highest BCUT2D eigenvalue weighted by atomic mass is 35.5. The molecule has 1 heterocycles. The number of pyridine rings is 1. The van der Waals surface area contributed by atoms with Gasteiger partial charge in [-0.2, -0.15) is 5.10 Å². The number of nitrogens with one attached hydrogen (secondary N) is 1. The molecule has 3 rings (SSSR count). The molecule has 0 bridgehead atoms. The molecule has 162 valence electrons. The predicted molar refractivity (Wildman–Crippen MR) is 122 cm³/mol. The Labute approximate surface area is 185 Å². The first-order valence-electron chi connectivity index (χ1n) is 9.18. The van der Waals surface area contributed by atoms with Crippen LogP contribution in [0.15, 0.2) is 53.6 Å². The number of hydrazone groups is 1. The van der Waals surface area contributed by atoms with Crippen LogP contribution < -0.4 is 14.5 Å². The predicted octanol–water partition coefficient (Wildman–Crippen LogP) is 3.12. The zero-order valence-electron chi connectivity index (χ0n) is 17.2. The van der Waals surface area contributed by atoms with E-state index < -0.39 is 22.5 Å². The topological polar surface area (TPSA) is 101 Å². The summed E-state index contributed by atoms with van der Waals surface area (Å²) in [5, 5.41) is 4.92. The first-order chi connectivity index (χ1) is 14.7. The fourth-order valence-corrected chi connectivity index (χ4v) is 4.03. The van der Waals surface area contributed by atoms with Gasteiger partial charge in [0.2, 0.25) is 10.0 Å². The molecule has 0 aliphatic heterocycles. The van der Waals surface area contributed by atoms with Gasteiger partial charge in [-0.3, -0.25) is 9.10 Å². The van der Waals surface area contributed by atoms with E-state index in [9.17, 15) is 13.2 Å². The van der Waals surface area contributed by atoms with Gasteiger partial charge in [0.25, 0.3) is 5.91 Å². The molecule has 1 aromatic heterocycles. The van der Waals surface area contributed by atoms with Crippen LogP contribution in [0.3, 0.4) is 0 Å². The molecule has 0 saturated heterocycles. The number of methoxy groups -OCH3 is 1. The maximum Gasteiger partial charge on any atom is 0.260 e. The Hall–Kier alpha value is -3.17. The highest BCUT2D eigenvalue weighted by Gasteiger charge is 2.22. The Morgan fingerprint density at radius 1 is 1.26 bits per heavy atom. The third-order valence-electron chi connectivity index (χ3n) is 4.47. The number of anilines is 1. The van der Waals surface area contributed by atoms with Crippen LogP contribution in [0.4, 0.5) is 5.69 Å². The number of sulfonamides is 1. The molecule has 31 heavy (non-hydrogen) atoms. The Balaban J connectivity index is 1.75. The number of nitrogens with zero attached hydrogens (tertiary/aromatic N) is 3. The van der Waals surface area contributed by atoms with Gasteiger partial charge in [0.15, 0.2) is 0 Å². The molecule has 0 atom stereocenters. The molecule has 0 aliphatic carbocycles. The molecular weight excluding hydrogens is 440 g/mol. The lowest BCUT2D eigenvalue weighted by atomic mass is 10.1. The lowest BCUT2D eigenvalue weighted by molar-refractivity contribution is -0.119. The third-order valence-corrected chi connectivity index (χ3v) is 5.90. The van der Waals surface area contributed by atoms with Crippen LogP contribution in [-0.4, -0.2) is 45.4 Å². The molecule has 1 amide bonds. The molecule has 10 heteroatoms. The quantitative estimate of drug-likeness (QED) is 0.331. The second kappa shape index (κ2) is 9.32. The van der Waals surface area contributed by atoms with Crippen molar-refractivity contribution in [2.75, 3.05) is 24.2 Å². The number of amides is 1. The summed E-state index contributed by atoms with van der Waals surface area (Å²) in [7, 11) is -2.10. The van der Waals surface area contributed by atoms with Crippen molar-refractivity contribution in [1.29, 1.82) is 0 Å². The number of aromatic nitrogens is 1. The number of hydrogen-bond acceptors (Lipinski definition) is 6. The number of benzene rings is 2. The summed E-state index contributed by atoms with van der Waals surface area (Å²) >= 11 is 6.21. The average Bonchev–Trinajstić information content (AvgIpc) is 2.72. The van der Waals surface area contributed by atoms with Crippen LogP contribution in [0.1, 0.15) is 11.1 Å². The summed E-state index contributed by atoms with van der Waals surface area (Å²) in [6.45, 7) is 1.36. The summed E-state index contributed by atoms with van der Waals surface area (Å²) in [6.07, 6.45) is 2.40. The second-order valence-electron chi connectivity index (χ2n) is 6.78. The summed E-state index contributed by atoms with van der Waals surface area (Å²) in [5.41, 5.74) is 4.66. The molecule has 0 spiro atoms. The number of halogens is 1. The van der Waals surface area contributed by atoms with Gasteiger partial charge in [0, 0.05) is 17.0 Å². The van der Waals surface area contributed by atoms with Crippen molar-refractivity contribution in [3.05, 3.63) is 64.8 Å². The van der Waals surface area contributed by atoms with Gasteiger partial charge >= 0.3 is 0 Å². The molecule has 0 aliphatic rings. The first-order valence-corrected chi connectivity index (χ1v) is 11.4. The van der Waals surface area contributed by atoms with Crippen LogP contribution in [-0.2, 0) is 14.8 Å². The van der Waals surface area contributed by atoms with Gasteiger partial charge in [-0.05, 0) is 36.8 Å². The molecule has 8 nitrogen and oxygen atoms in total. The van der Waals surface area contributed by atoms with Crippen LogP contribution in [0.25, 0.3) is 10.9 Å². The summed E-state index contributed by atoms with van der Waals surface area (Å²) in [6, 6.07) is 14.1. The number of carbonyl (C=O) groups excluding carboxylic acids is 1. The summed E-state index contributed by atoms with van der Waals surface area (Å²) in [5.74, 6) is 0.0633. The molecule has 0 saturated carbocycles. The summed E-state index contributed by atoms with van der Waals surface area (Å²) < 4.78 is 30.6. The number of carbonyl (C=O) groups is 1. The van der Waals surface area contributed by atoms with Crippen molar-refractivity contribution in [1.82, 2.24) is 10.4 Å². The Kier molecular flexibility index (Phi) is 6.77. The van der Waals surface area contributed by atoms with Crippen LogP contribution >= 0.6 is 11.6 Å². The zero-order valence-corrected chi connectivity index (χ0v) is 18.7. The Morgan fingerprint density at radius 2 is 2.00 bits per heavy atom. The number of para-hydroxylation sites is 1. The number of aryl methyl sites for hydroxylation is 1. The molecule has 2 aromatic carbocycles. The molecule has 0 fully saturated rings.